The molecule has 1 fully saturated rings. The van der Waals surface area contributed by atoms with Gasteiger partial charge in [-0.15, -0.1) is 11.8 Å². The van der Waals surface area contributed by atoms with Crippen LogP contribution >= 0.6 is 11.8 Å². The minimum Gasteiger partial charge on any atom is -0.495 e. The predicted molar refractivity (Wildman–Crippen MR) is 81.8 cm³/mol. The van der Waals surface area contributed by atoms with Crippen LogP contribution in [0.4, 0.5) is 5.69 Å². The Labute approximate surface area is 123 Å². The Balaban J connectivity index is 1.99. The first kappa shape index (κ1) is 15.0. The molecule has 5 heteroatoms. The Morgan fingerprint density at radius 2 is 2.05 bits per heavy atom. The maximum atomic E-state index is 10.9. The molecule has 1 aromatic carbocycles. The van der Waals surface area contributed by atoms with Gasteiger partial charge >= 0.3 is 5.97 Å². The first-order chi connectivity index (χ1) is 9.63. The van der Waals surface area contributed by atoms with Gasteiger partial charge in [0.15, 0.2) is 0 Å². The molecule has 1 saturated carbocycles. The summed E-state index contributed by atoms with van der Waals surface area (Å²) in [5.74, 6) is 0.0105. The molecule has 0 aliphatic heterocycles. The van der Waals surface area contributed by atoms with Gasteiger partial charge in [-0.1, -0.05) is 0 Å². The van der Waals surface area contributed by atoms with Crippen LogP contribution in [0.15, 0.2) is 23.1 Å². The van der Waals surface area contributed by atoms with Crippen LogP contribution in [0.5, 0.6) is 5.75 Å². The van der Waals surface area contributed by atoms with E-state index in [0.29, 0.717) is 6.04 Å². The van der Waals surface area contributed by atoms with Crippen LogP contribution < -0.4 is 10.1 Å². The topological polar surface area (TPSA) is 58.6 Å². The second-order valence-corrected chi connectivity index (χ2v) is 5.98. The lowest BCUT2D eigenvalue weighted by Gasteiger charge is -2.28. The number of hydrogen-bond acceptors (Lipinski definition) is 4. The fraction of sp³-hybridized carbons (Fsp3) is 0.533. The van der Waals surface area contributed by atoms with E-state index in [1.165, 1.54) is 4.90 Å². The van der Waals surface area contributed by atoms with Crippen molar-refractivity contribution in [2.45, 2.75) is 36.6 Å². The number of carboxylic acids is 1. The first-order valence-corrected chi connectivity index (χ1v) is 8.08. The molecule has 1 aromatic rings. The van der Waals surface area contributed by atoms with E-state index < -0.39 is 5.97 Å². The molecule has 0 amide bonds. The van der Waals surface area contributed by atoms with E-state index in [4.69, 9.17) is 9.84 Å². The maximum Gasteiger partial charge on any atom is 0.306 e. The van der Waals surface area contributed by atoms with Gasteiger partial charge in [0.25, 0.3) is 0 Å². The van der Waals surface area contributed by atoms with E-state index in [-0.39, 0.29) is 5.92 Å². The molecule has 1 aliphatic rings. The quantitative estimate of drug-likeness (QED) is 0.815. The van der Waals surface area contributed by atoms with Gasteiger partial charge < -0.3 is 15.2 Å². The van der Waals surface area contributed by atoms with E-state index in [1.54, 1.807) is 18.9 Å². The summed E-state index contributed by atoms with van der Waals surface area (Å²) in [7, 11) is 1.67. The molecule has 4 nitrogen and oxygen atoms in total. The summed E-state index contributed by atoms with van der Waals surface area (Å²) in [6, 6.07) is 6.46. The largest absolute Gasteiger partial charge is 0.495 e. The van der Waals surface area contributed by atoms with Crippen molar-refractivity contribution in [3.05, 3.63) is 18.2 Å². The highest BCUT2D eigenvalue weighted by molar-refractivity contribution is 7.98. The number of aliphatic carboxylic acids is 1. The standard InChI is InChI=1S/C15H21NO3S/c1-19-14-9-12(20-2)7-8-13(14)16-11-5-3-10(4-6-11)15(17)18/h7-11,16H,3-6H2,1-2H3,(H,17,18). The lowest BCUT2D eigenvalue weighted by molar-refractivity contribution is -0.142. The van der Waals surface area contributed by atoms with Crippen LogP contribution in [-0.4, -0.2) is 30.5 Å². The minimum atomic E-state index is -0.662. The first-order valence-electron chi connectivity index (χ1n) is 6.85. The molecule has 0 radical (unpaired) electrons. The molecule has 0 heterocycles. The summed E-state index contributed by atoms with van der Waals surface area (Å²) >= 11 is 1.68. The fourth-order valence-electron chi connectivity index (χ4n) is 2.62. The van der Waals surface area contributed by atoms with Crippen LogP contribution in [0.3, 0.4) is 0 Å². The molecular formula is C15H21NO3S. The number of thioether (sulfide) groups is 1. The van der Waals surface area contributed by atoms with E-state index in [2.05, 4.69) is 11.4 Å². The van der Waals surface area contributed by atoms with Crippen molar-refractivity contribution in [1.82, 2.24) is 0 Å². The van der Waals surface area contributed by atoms with Crippen LogP contribution in [0, 0.1) is 5.92 Å². The van der Waals surface area contributed by atoms with Gasteiger partial charge in [0.2, 0.25) is 0 Å². The molecule has 0 aromatic heterocycles. The molecule has 0 atom stereocenters. The molecule has 1 aliphatic carbocycles. The maximum absolute atomic E-state index is 10.9. The average molecular weight is 295 g/mol. The van der Waals surface area contributed by atoms with Gasteiger partial charge in [-0.25, -0.2) is 0 Å². The Kier molecular flexibility index (Phi) is 5.17. The van der Waals surface area contributed by atoms with Crippen molar-refractivity contribution in [3.8, 4) is 5.75 Å². The SMILES string of the molecule is COc1cc(SC)ccc1NC1CCC(C(=O)O)CC1. The number of ether oxygens (including phenoxy) is 1. The van der Waals surface area contributed by atoms with Crippen LogP contribution in [0.1, 0.15) is 25.7 Å². The monoisotopic (exact) mass is 295 g/mol. The van der Waals surface area contributed by atoms with Crippen molar-refractivity contribution >= 4 is 23.4 Å². The lowest BCUT2D eigenvalue weighted by atomic mass is 9.86. The van der Waals surface area contributed by atoms with Gasteiger partial charge in [0.1, 0.15) is 5.75 Å². The minimum absolute atomic E-state index is 0.172. The molecule has 0 unspecified atom stereocenters. The average Bonchev–Trinajstić information content (AvgIpc) is 2.48. The van der Waals surface area contributed by atoms with Crippen molar-refractivity contribution < 1.29 is 14.6 Å². The number of methoxy groups -OCH3 is 1. The third-order valence-corrected chi connectivity index (χ3v) is 4.57. The van der Waals surface area contributed by atoms with Crippen LogP contribution in [0.25, 0.3) is 0 Å². The van der Waals surface area contributed by atoms with Gasteiger partial charge in [-0.05, 0) is 50.1 Å². The number of carbonyl (C=O) groups is 1. The van der Waals surface area contributed by atoms with Gasteiger partial charge in [0, 0.05) is 10.9 Å². The van der Waals surface area contributed by atoms with Crippen molar-refractivity contribution in [3.63, 3.8) is 0 Å². The van der Waals surface area contributed by atoms with Crippen LogP contribution in [0.2, 0.25) is 0 Å². The third kappa shape index (κ3) is 3.60. The number of anilines is 1. The zero-order valence-corrected chi connectivity index (χ0v) is 12.7. The number of rotatable bonds is 5. The van der Waals surface area contributed by atoms with Crippen LogP contribution in [-0.2, 0) is 4.79 Å². The highest BCUT2D eigenvalue weighted by Gasteiger charge is 2.26. The predicted octanol–water partition coefficient (Wildman–Crippen LogP) is 3.47. The summed E-state index contributed by atoms with van der Waals surface area (Å²) in [6.07, 6.45) is 5.32. The van der Waals surface area contributed by atoms with E-state index >= 15 is 0 Å². The smallest absolute Gasteiger partial charge is 0.306 e. The number of carboxylic acid groups (broad SMARTS) is 1. The van der Waals surface area contributed by atoms with E-state index in [1.807, 2.05) is 18.4 Å². The Bertz CT molecular complexity index is 470. The highest BCUT2D eigenvalue weighted by Crippen LogP contribution is 2.33. The Hall–Kier alpha value is -1.36. The molecular weight excluding hydrogens is 274 g/mol. The Morgan fingerprint density at radius 1 is 1.35 bits per heavy atom. The number of benzene rings is 1. The summed E-state index contributed by atoms with van der Waals surface area (Å²) in [6.45, 7) is 0. The molecule has 2 N–H and O–H groups in total. The summed E-state index contributed by atoms with van der Waals surface area (Å²) in [5.41, 5.74) is 0.990. The Morgan fingerprint density at radius 3 is 2.60 bits per heavy atom. The van der Waals surface area contributed by atoms with Gasteiger partial charge in [-0.2, -0.15) is 0 Å². The zero-order chi connectivity index (χ0) is 14.5. The van der Waals surface area contributed by atoms with E-state index in [9.17, 15) is 4.79 Å². The molecule has 2 rings (SSSR count). The van der Waals surface area contributed by atoms with Crippen molar-refractivity contribution in [1.29, 1.82) is 0 Å². The van der Waals surface area contributed by atoms with Gasteiger partial charge in [-0.3, -0.25) is 4.79 Å². The van der Waals surface area contributed by atoms with Gasteiger partial charge in [0.05, 0.1) is 18.7 Å². The summed E-state index contributed by atoms with van der Waals surface area (Å²) in [4.78, 5) is 12.1. The fourth-order valence-corrected chi connectivity index (χ4v) is 3.05. The van der Waals surface area contributed by atoms with Crippen molar-refractivity contribution in [2.24, 2.45) is 5.92 Å². The highest BCUT2D eigenvalue weighted by atomic mass is 32.2. The second-order valence-electron chi connectivity index (χ2n) is 5.10. The zero-order valence-electron chi connectivity index (χ0n) is 11.9. The third-order valence-electron chi connectivity index (χ3n) is 3.84. The van der Waals surface area contributed by atoms with Crippen molar-refractivity contribution in [2.75, 3.05) is 18.7 Å². The molecule has 110 valence electrons. The number of hydrogen-bond donors (Lipinski definition) is 2. The normalized spacial score (nSPS) is 22.3. The molecule has 0 saturated heterocycles. The lowest BCUT2D eigenvalue weighted by Crippen LogP contribution is -2.29. The molecule has 0 spiro atoms. The molecule has 20 heavy (non-hydrogen) atoms. The second kappa shape index (κ2) is 6.88. The molecule has 0 bridgehead atoms. The number of nitrogens with one attached hydrogen (secondary N) is 1. The van der Waals surface area contributed by atoms with E-state index in [0.717, 1.165) is 37.1 Å². The summed E-state index contributed by atoms with van der Waals surface area (Å²) in [5, 5.41) is 12.5. The summed E-state index contributed by atoms with van der Waals surface area (Å²) < 4.78 is 5.42.